The summed E-state index contributed by atoms with van der Waals surface area (Å²) in [5.41, 5.74) is 0.710. The zero-order chi connectivity index (χ0) is 14.3. The molecule has 0 bridgehead atoms. The third-order valence-electron chi connectivity index (χ3n) is 3.13. The average Bonchev–Trinajstić information content (AvgIpc) is 2.36. The molecule has 108 valence electrons. The molecule has 19 heavy (non-hydrogen) atoms. The van der Waals surface area contributed by atoms with E-state index in [4.69, 9.17) is 0 Å². The van der Waals surface area contributed by atoms with Gasteiger partial charge in [-0.2, -0.15) is 0 Å². The van der Waals surface area contributed by atoms with Gasteiger partial charge in [-0.25, -0.2) is 0 Å². The van der Waals surface area contributed by atoms with Crippen LogP contribution in [0.3, 0.4) is 0 Å². The zero-order valence-corrected chi connectivity index (χ0v) is 12.4. The molecule has 0 aliphatic rings. The summed E-state index contributed by atoms with van der Waals surface area (Å²) >= 11 is 0. The maximum atomic E-state index is 11.6. The second-order valence-corrected chi connectivity index (χ2v) is 4.98. The number of hydrogen-bond acceptors (Lipinski definition) is 3. The lowest BCUT2D eigenvalue weighted by Gasteiger charge is -2.23. The largest absolute Gasteiger partial charge is 0.503 e. The van der Waals surface area contributed by atoms with Gasteiger partial charge in [0, 0.05) is 24.8 Å². The molecule has 0 radical (unpaired) electrons. The van der Waals surface area contributed by atoms with Crippen LogP contribution < -0.4 is 5.43 Å². The van der Waals surface area contributed by atoms with E-state index >= 15 is 0 Å². The van der Waals surface area contributed by atoms with Gasteiger partial charge in [-0.15, -0.1) is 0 Å². The first-order valence-electron chi connectivity index (χ1n) is 7.27. The fourth-order valence-electron chi connectivity index (χ4n) is 2.32. The molecule has 0 aliphatic heterocycles. The molecule has 0 atom stereocenters. The number of aromatic nitrogens is 1. The van der Waals surface area contributed by atoms with Crippen LogP contribution in [0.15, 0.2) is 17.1 Å². The molecule has 0 aromatic carbocycles. The lowest BCUT2D eigenvalue weighted by atomic mass is 10.2. The predicted octanol–water partition coefficient (Wildman–Crippen LogP) is 2.59. The Balaban J connectivity index is 2.96. The summed E-state index contributed by atoms with van der Waals surface area (Å²) in [4.78, 5) is 14.0. The fourth-order valence-corrected chi connectivity index (χ4v) is 2.32. The van der Waals surface area contributed by atoms with E-state index in [0.717, 1.165) is 51.1 Å². The van der Waals surface area contributed by atoms with Crippen molar-refractivity contribution in [2.45, 2.75) is 53.1 Å². The molecule has 0 unspecified atom stereocenters. The Morgan fingerprint density at radius 1 is 1.16 bits per heavy atom. The quantitative estimate of drug-likeness (QED) is 0.786. The van der Waals surface area contributed by atoms with Crippen molar-refractivity contribution >= 4 is 0 Å². The van der Waals surface area contributed by atoms with E-state index in [2.05, 4.69) is 25.7 Å². The highest BCUT2D eigenvalue weighted by molar-refractivity contribution is 5.20. The second kappa shape index (κ2) is 8.00. The third kappa shape index (κ3) is 4.71. The summed E-state index contributed by atoms with van der Waals surface area (Å²) < 4.78 is 2.00. The fraction of sp³-hybridized carbons (Fsp3) is 0.667. The lowest BCUT2D eigenvalue weighted by Crippen LogP contribution is -2.27. The van der Waals surface area contributed by atoms with Crippen molar-refractivity contribution in [2.75, 3.05) is 13.1 Å². The molecular formula is C15H26N2O2. The van der Waals surface area contributed by atoms with Gasteiger partial charge in [0.25, 0.3) is 0 Å². The predicted molar refractivity (Wildman–Crippen MR) is 78.5 cm³/mol. The highest BCUT2D eigenvalue weighted by Gasteiger charge is 2.09. The normalized spacial score (nSPS) is 11.2. The summed E-state index contributed by atoms with van der Waals surface area (Å²) in [5.74, 6) is -0.158. The molecule has 1 heterocycles. The molecule has 1 aromatic rings. The molecule has 1 N–H and O–H groups in total. The van der Waals surface area contributed by atoms with Gasteiger partial charge in [0.1, 0.15) is 0 Å². The highest BCUT2D eigenvalue weighted by atomic mass is 16.3. The van der Waals surface area contributed by atoms with Crippen molar-refractivity contribution in [2.24, 2.45) is 0 Å². The van der Waals surface area contributed by atoms with Crippen LogP contribution in [0.2, 0.25) is 0 Å². The lowest BCUT2D eigenvalue weighted by molar-refractivity contribution is 0.258. The Morgan fingerprint density at radius 3 is 2.32 bits per heavy atom. The van der Waals surface area contributed by atoms with E-state index in [1.165, 1.54) is 0 Å². The van der Waals surface area contributed by atoms with Crippen molar-refractivity contribution in [3.05, 3.63) is 28.2 Å². The van der Waals surface area contributed by atoms with Crippen LogP contribution in [0, 0.1) is 0 Å². The first-order valence-corrected chi connectivity index (χ1v) is 7.27. The van der Waals surface area contributed by atoms with E-state index < -0.39 is 0 Å². The number of pyridine rings is 1. The standard InChI is InChI=1S/C15H26N2O2/c1-4-7-16(8-5-2)11-13-10-14(18)15(19)12-17(13)9-6-3/h10,12,19H,4-9,11H2,1-3H3. The van der Waals surface area contributed by atoms with E-state index in [1.807, 2.05) is 4.57 Å². The van der Waals surface area contributed by atoms with Crippen LogP contribution >= 0.6 is 0 Å². The third-order valence-corrected chi connectivity index (χ3v) is 3.13. The first kappa shape index (κ1) is 15.8. The molecule has 0 amide bonds. The van der Waals surface area contributed by atoms with Crippen molar-refractivity contribution in [3.8, 4) is 5.75 Å². The van der Waals surface area contributed by atoms with Crippen molar-refractivity contribution in [3.63, 3.8) is 0 Å². The van der Waals surface area contributed by atoms with E-state index in [9.17, 15) is 9.90 Å². The number of aryl methyl sites for hydroxylation is 1. The molecule has 1 aromatic heterocycles. The Morgan fingerprint density at radius 2 is 1.79 bits per heavy atom. The SMILES string of the molecule is CCCN(CCC)Cc1cc(=O)c(O)cn1CCC. The Hall–Kier alpha value is -1.29. The molecular weight excluding hydrogens is 240 g/mol. The van der Waals surface area contributed by atoms with Gasteiger partial charge in [0.2, 0.25) is 5.43 Å². The van der Waals surface area contributed by atoms with Crippen LogP contribution in [0.4, 0.5) is 0 Å². The minimum absolute atomic E-state index is 0.158. The van der Waals surface area contributed by atoms with Gasteiger partial charge in [0.05, 0.1) is 6.20 Å². The molecule has 0 saturated carbocycles. The van der Waals surface area contributed by atoms with Crippen LogP contribution in [-0.2, 0) is 13.1 Å². The summed E-state index contributed by atoms with van der Waals surface area (Å²) in [6, 6.07) is 1.57. The Kier molecular flexibility index (Phi) is 6.64. The molecule has 0 fully saturated rings. The van der Waals surface area contributed by atoms with Gasteiger partial charge < -0.3 is 9.67 Å². The van der Waals surface area contributed by atoms with Crippen LogP contribution in [0.1, 0.15) is 45.7 Å². The van der Waals surface area contributed by atoms with Gasteiger partial charge in [-0.05, 0) is 32.4 Å². The second-order valence-electron chi connectivity index (χ2n) is 4.98. The number of hydrogen-bond donors (Lipinski definition) is 1. The zero-order valence-electron chi connectivity index (χ0n) is 12.4. The Labute approximate surface area is 115 Å². The van der Waals surface area contributed by atoms with Crippen LogP contribution in [-0.4, -0.2) is 27.7 Å². The van der Waals surface area contributed by atoms with Crippen molar-refractivity contribution in [1.29, 1.82) is 0 Å². The Bertz CT molecular complexity index is 434. The van der Waals surface area contributed by atoms with E-state index in [-0.39, 0.29) is 11.2 Å². The maximum Gasteiger partial charge on any atom is 0.223 e. The minimum atomic E-state index is -0.282. The topological polar surface area (TPSA) is 45.5 Å². The van der Waals surface area contributed by atoms with Gasteiger partial charge in [0.15, 0.2) is 5.75 Å². The number of nitrogens with zero attached hydrogens (tertiary/aromatic N) is 2. The van der Waals surface area contributed by atoms with Crippen LogP contribution in [0.5, 0.6) is 5.75 Å². The summed E-state index contributed by atoms with van der Waals surface area (Å²) in [6.07, 6.45) is 4.76. The van der Waals surface area contributed by atoms with E-state index in [0.29, 0.717) is 0 Å². The molecule has 0 spiro atoms. The molecule has 1 rings (SSSR count). The summed E-state index contributed by atoms with van der Waals surface area (Å²) in [6.45, 7) is 10.1. The molecule has 0 saturated heterocycles. The number of aromatic hydroxyl groups is 1. The number of rotatable bonds is 8. The molecule has 4 heteroatoms. The highest BCUT2D eigenvalue weighted by Crippen LogP contribution is 2.10. The van der Waals surface area contributed by atoms with Gasteiger partial charge in [-0.3, -0.25) is 9.69 Å². The molecule has 4 nitrogen and oxygen atoms in total. The summed E-state index contributed by atoms with van der Waals surface area (Å²) in [5, 5.41) is 9.55. The first-order chi connectivity index (χ1) is 9.12. The average molecular weight is 266 g/mol. The van der Waals surface area contributed by atoms with Gasteiger partial charge >= 0.3 is 0 Å². The maximum absolute atomic E-state index is 11.6. The smallest absolute Gasteiger partial charge is 0.223 e. The summed E-state index contributed by atoms with van der Waals surface area (Å²) in [7, 11) is 0. The van der Waals surface area contributed by atoms with Gasteiger partial charge in [-0.1, -0.05) is 20.8 Å². The monoisotopic (exact) mass is 266 g/mol. The van der Waals surface area contributed by atoms with E-state index in [1.54, 1.807) is 12.3 Å². The van der Waals surface area contributed by atoms with Crippen molar-refractivity contribution < 1.29 is 5.11 Å². The molecule has 0 aliphatic carbocycles. The minimum Gasteiger partial charge on any atom is -0.503 e. The van der Waals surface area contributed by atoms with Crippen LogP contribution in [0.25, 0.3) is 0 Å². The van der Waals surface area contributed by atoms with Crippen molar-refractivity contribution in [1.82, 2.24) is 9.47 Å².